The first kappa shape index (κ1) is 13.5. The third-order valence-electron chi connectivity index (χ3n) is 2.27. The van der Waals surface area contributed by atoms with Crippen LogP contribution in [0.15, 0.2) is 18.2 Å². The first-order valence-electron chi connectivity index (χ1n) is 5.16. The lowest BCUT2D eigenvalue weighted by molar-refractivity contribution is 0.0951. The molecule has 0 saturated carbocycles. The van der Waals surface area contributed by atoms with Crippen LogP contribution in [0.4, 0.5) is 0 Å². The molecule has 88 valence electrons. The van der Waals surface area contributed by atoms with Crippen molar-refractivity contribution in [2.24, 2.45) is 11.7 Å². The fourth-order valence-corrected chi connectivity index (χ4v) is 1.78. The minimum absolute atomic E-state index is 0.0905. The van der Waals surface area contributed by atoms with Gasteiger partial charge in [0.15, 0.2) is 5.78 Å². The summed E-state index contributed by atoms with van der Waals surface area (Å²) in [6.45, 7) is 4.06. The minimum Gasteiger partial charge on any atom is -0.321 e. The second-order valence-corrected chi connectivity index (χ2v) is 5.04. The van der Waals surface area contributed by atoms with E-state index in [1.54, 1.807) is 18.2 Å². The van der Waals surface area contributed by atoms with Crippen LogP contribution in [0.1, 0.15) is 30.6 Å². The molecule has 1 atom stereocenters. The topological polar surface area (TPSA) is 43.1 Å². The van der Waals surface area contributed by atoms with Crippen molar-refractivity contribution in [3.63, 3.8) is 0 Å². The molecule has 1 aromatic carbocycles. The van der Waals surface area contributed by atoms with Crippen LogP contribution in [0.5, 0.6) is 0 Å². The summed E-state index contributed by atoms with van der Waals surface area (Å²) in [5.74, 6) is 0.300. The second-order valence-electron chi connectivity index (χ2n) is 4.23. The molecule has 1 rings (SSSR count). The van der Waals surface area contributed by atoms with Gasteiger partial charge in [0.2, 0.25) is 0 Å². The van der Waals surface area contributed by atoms with Gasteiger partial charge in [-0.25, -0.2) is 0 Å². The first-order chi connectivity index (χ1) is 7.41. The van der Waals surface area contributed by atoms with Crippen molar-refractivity contribution in [3.05, 3.63) is 33.8 Å². The number of hydrogen-bond acceptors (Lipinski definition) is 2. The molecule has 4 heteroatoms. The average molecular weight is 260 g/mol. The number of nitrogens with two attached hydrogens (primary N) is 1. The molecule has 0 saturated heterocycles. The van der Waals surface area contributed by atoms with Gasteiger partial charge in [-0.15, -0.1) is 0 Å². The summed E-state index contributed by atoms with van der Waals surface area (Å²) in [5, 5.41) is 0.819. The molecule has 2 nitrogen and oxygen atoms in total. The van der Waals surface area contributed by atoms with E-state index < -0.39 is 6.04 Å². The highest BCUT2D eigenvalue weighted by Gasteiger charge is 2.17. The standard InChI is InChI=1S/C12H15Cl2NO/c1-7(2)5-11(15)12(16)8-3-4-9(13)10(14)6-8/h3-4,6-7,11H,5,15H2,1-2H3. The third-order valence-corrected chi connectivity index (χ3v) is 3.01. The van der Waals surface area contributed by atoms with Gasteiger partial charge in [-0.1, -0.05) is 37.0 Å². The summed E-state index contributed by atoms with van der Waals surface area (Å²) in [7, 11) is 0. The molecule has 0 radical (unpaired) electrons. The molecule has 1 aromatic rings. The van der Waals surface area contributed by atoms with Crippen LogP contribution in [-0.4, -0.2) is 11.8 Å². The highest BCUT2D eigenvalue weighted by Crippen LogP contribution is 2.23. The Bertz CT molecular complexity index is 391. The highest BCUT2D eigenvalue weighted by atomic mass is 35.5. The Morgan fingerprint density at radius 1 is 1.31 bits per heavy atom. The van der Waals surface area contributed by atoms with Gasteiger partial charge in [0.1, 0.15) is 0 Å². The van der Waals surface area contributed by atoms with E-state index in [1.165, 1.54) is 0 Å². The molecule has 2 N–H and O–H groups in total. The van der Waals surface area contributed by atoms with Gasteiger partial charge in [0.05, 0.1) is 16.1 Å². The summed E-state index contributed by atoms with van der Waals surface area (Å²) in [6, 6.07) is 4.35. The normalized spacial score (nSPS) is 12.9. The Kier molecular flexibility index (Phi) is 4.78. The van der Waals surface area contributed by atoms with Crippen LogP contribution < -0.4 is 5.73 Å². The van der Waals surface area contributed by atoms with E-state index in [4.69, 9.17) is 28.9 Å². The Morgan fingerprint density at radius 3 is 2.44 bits per heavy atom. The van der Waals surface area contributed by atoms with Crippen LogP contribution in [0.25, 0.3) is 0 Å². The van der Waals surface area contributed by atoms with Crippen molar-refractivity contribution in [3.8, 4) is 0 Å². The van der Waals surface area contributed by atoms with Crippen LogP contribution in [0, 0.1) is 5.92 Å². The van der Waals surface area contributed by atoms with Crippen molar-refractivity contribution >= 4 is 29.0 Å². The second kappa shape index (κ2) is 5.67. The molecule has 1 unspecified atom stereocenters. The number of rotatable bonds is 4. The van der Waals surface area contributed by atoms with Gasteiger partial charge < -0.3 is 5.73 Å². The molecule has 0 fully saturated rings. The number of Topliss-reactive ketones (excluding diaryl/α,β-unsaturated/α-hetero) is 1. The Balaban J connectivity index is 2.84. The zero-order valence-electron chi connectivity index (χ0n) is 9.34. The zero-order valence-corrected chi connectivity index (χ0v) is 10.8. The number of carbonyl (C=O) groups excluding carboxylic acids is 1. The SMILES string of the molecule is CC(C)CC(N)C(=O)c1ccc(Cl)c(Cl)c1. The van der Waals surface area contributed by atoms with E-state index in [1.807, 2.05) is 13.8 Å². The third kappa shape index (κ3) is 3.48. The van der Waals surface area contributed by atoms with Crippen molar-refractivity contribution in [1.29, 1.82) is 0 Å². The van der Waals surface area contributed by atoms with E-state index in [0.29, 0.717) is 27.9 Å². The van der Waals surface area contributed by atoms with Gasteiger partial charge in [-0.2, -0.15) is 0 Å². The van der Waals surface area contributed by atoms with Gasteiger partial charge in [0.25, 0.3) is 0 Å². The molecule has 0 aliphatic heterocycles. The quantitative estimate of drug-likeness (QED) is 0.841. The molecule has 0 aliphatic carbocycles. The molecule has 0 bridgehead atoms. The van der Waals surface area contributed by atoms with Gasteiger partial charge in [-0.05, 0) is 30.5 Å². The molecule has 16 heavy (non-hydrogen) atoms. The average Bonchev–Trinajstić information content (AvgIpc) is 2.20. The van der Waals surface area contributed by atoms with E-state index in [2.05, 4.69) is 0 Å². The first-order valence-corrected chi connectivity index (χ1v) is 5.92. The molecule has 0 heterocycles. The van der Waals surface area contributed by atoms with Crippen LogP contribution in [0.2, 0.25) is 10.0 Å². The Morgan fingerprint density at radius 2 is 1.94 bits per heavy atom. The van der Waals surface area contributed by atoms with Gasteiger partial charge in [0, 0.05) is 5.56 Å². The van der Waals surface area contributed by atoms with Crippen LogP contribution in [0.3, 0.4) is 0 Å². The van der Waals surface area contributed by atoms with Crippen molar-refractivity contribution in [2.75, 3.05) is 0 Å². The number of halogens is 2. The maximum Gasteiger partial charge on any atom is 0.179 e. The fourth-order valence-electron chi connectivity index (χ4n) is 1.48. The molecular formula is C12H15Cl2NO. The summed E-state index contributed by atoms with van der Waals surface area (Å²) in [4.78, 5) is 11.9. The van der Waals surface area contributed by atoms with Crippen LogP contribution >= 0.6 is 23.2 Å². The summed E-state index contributed by atoms with van der Waals surface area (Å²) in [5.41, 5.74) is 6.33. The number of benzene rings is 1. The van der Waals surface area contributed by atoms with E-state index in [9.17, 15) is 4.79 Å². The van der Waals surface area contributed by atoms with Gasteiger partial charge >= 0.3 is 0 Å². The number of ketones is 1. The van der Waals surface area contributed by atoms with E-state index in [0.717, 1.165) is 0 Å². The molecular weight excluding hydrogens is 245 g/mol. The van der Waals surface area contributed by atoms with Crippen molar-refractivity contribution < 1.29 is 4.79 Å². The minimum atomic E-state index is -0.475. The lowest BCUT2D eigenvalue weighted by Crippen LogP contribution is -2.31. The lowest BCUT2D eigenvalue weighted by Gasteiger charge is -2.13. The number of hydrogen-bond donors (Lipinski definition) is 1. The zero-order chi connectivity index (χ0) is 12.3. The fraction of sp³-hybridized carbons (Fsp3) is 0.417. The predicted molar refractivity (Wildman–Crippen MR) is 68.2 cm³/mol. The maximum atomic E-state index is 11.9. The summed E-state index contributed by atoms with van der Waals surface area (Å²) >= 11 is 11.6. The number of carbonyl (C=O) groups is 1. The smallest absolute Gasteiger partial charge is 0.179 e. The Hall–Kier alpha value is -0.570. The summed E-state index contributed by atoms with van der Waals surface area (Å²) < 4.78 is 0. The van der Waals surface area contributed by atoms with E-state index in [-0.39, 0.29) is 5.78 Å². The largest absolute Gasteiger partial charge is 0.321 e. The monoisotopic (exact) mass is 259 g/mol. The molecule has 0 aliphatic rings. The predicted octanol–water partition coefficient (Wildman–Crippen LogP) is 3.55. The van der Waals surface area contributed by atoms with Crippen molar-refractivity contribution in [2.45, 2.75) is 26.3 Å². The summed E-state index contributed by atoms with van der Waals surface area (Å²) in [6.07, 6.45) is 0.666. The maximum absolute atomic E-state index is 11.9. The molecule has 0 aromatic heterocycles. The van der Waals surface area contributed by atoms with Gasteiger partial charge in [-0.3, -0.25) is 4.79 Å². The van der Waals surface area contributed by atoms with Crippen molar-refractivity contribution in [1.82, 2.24) is 0 Å². The Labute approximate surface area is 106 Å². The highest BCUT2D eigenvalue weighted by molar-refractivity contribution is 6.42. The van der Waals surface area contributed by atoms with E-state index >= 15 is 0 Å². The molecule has 0 amide bonds. The molecule has 0 spiro atoms. The van der Waals surface area contributed by atoms with Crippen LogP contribution in [-0.2, 0) is 0 Å². The lowest BCUT2D eigenvalue weighted by atomic mass is 9.97.